The zero-order chi connectivity index (χ0) is 20.6. The van der Waals surface area contributed by atoms with Gasteiger partial charge in [-0.1, -0.05) is 36.4 Å². The summed E-state index contributed by atoms with van der Waals surface area (Å²) in [5, 5.41) is 7.72. The Hall–Kier alpha value is -2.90. The average molecular weight is 413 g/mol. The summed E-state index contributed by atoms with van der Waals surface area (Å²) in [5.41, 5.74) is 0.986. The van der Waals surface area contributed by atoms with E-state index >= 15 is 0 Å². The third-order valence-electron chi connectivity index (χ3n) is 4.71. The van der Waals surface area contributed by atoms with Crippen LogP contribution in [0.15, 0.2) is 70.7 Å². The minimum Gasteiger partial charge on any atom is -0.463 e. The number of thiophene rings is 1. The molecule has 0 saturated heterocycles. The van der Waals surface area contributed by atoms with Gasteiger partial charge in [0.2, 0.25) is 5.91 Å². The van der Waals surface area contributed by atoms with Crippen LogP contribution in [0.25, 0.3) is 0 Å². The molecule has 1 aromatic carbocycles. The molecule has 0 aliphatic heterocycles. The van der Waals surface area contributed by atoms with Crippen LogP contribution in [0.2, 0.25) is 0 Å². The van der Waals surface area contributed by atoms with E-state index in [4.69, 9.17) is 4.42 Å². The van der Waals surface area contributed by atoms with Gasteiger partial charge in [0, 0.05) is 6.42 Å². The lowest BCUT2D eigenvalue weighted by atomic mass is 10.0. The van der Waals surface area contributed by atoms with Gasteiger partial charge in [0.25, 0.3) is 5.91 Å². The maximum Gasteiger partial charge on any atom is 0.262 e. The van der Waals surface area contributed by atoms with E-state index in [2.05, 4.69) is 10.6 Å². The van der Waals surface area contributed by atoms with E-state index in [0.717, 1.165) is 16.2 Å². The second-order valence-electron chi connectivity index (χ2n) is 7.08. The van der Waals surface area contributed by atoms with E-state index in [9.17, 15) is 9.59 Å². The quantitative estimate of drug-likeness (QED) is 0.501. The van der Waals surface area contributed by atoms with Crippen molar-refractivity contribution < 1.29 is 18.9 Å². The summed E-state index contributed by atoms with van der Waals surface area (Å²) in [7, 11) is 4.03. The van der Waals surface area contributed by atoms with Gasteiger partial charge in [-0.05, 0) is 29.1 Å². The molecule has 3 rings (SSSR count). The predicted octanol–water partition coefficient (Wildman–Crippen LogP) is 1.68. The summed E-state index contributed by atoms with van der Waals surface area (Å²) in [5.74, 6) is 0.362. The van der Waals surface area contributed by atoms with Crippen LogP contribution in [0.3, 0.4) is 0 Å². The second kappa shape index (κ2) is 10.0. The SMILES string of the molecule is C[NH+](C)[C@@H](CNC(=O)[C@H](Cc1ccccc1)NC(=O)c1cccs1)c1ccco1. The van der Waals surface area contributed by atoms with E-state index in [-0.39, 0.29) is 17.9 Å². The van der Waals surface area contributed by atoms with Gasteiger partial charge < -0.3 is 20.0 Å². The highest BCUT2D eigenvalue weighted by Crippen LogP contribution is 2.11. The number of carbonyl (C=O) groups is 2. The third-order valence-corrected chi connectivity index (χ3v) is 5.58. The van der Waals surface area contributed by atoms with E-state index in [1.165, 1.54) is 11.3 Å². The summed E-state index contributed by atoms with van der Waals surface area (Å²) in [6, 6.07) is 16.3. The zero-order valence-corrected chi connectivity index (χ0v) is 17.4. The van der Waals surface area contributed by atoms with Crippen LogP contribution in [-0.4, -0.2) is 38.5 Å². The Morgan fingerprint density at radius 3 is 2.48 bits per heavy atom. The molecule has 0 fully saturated rings. The fourth-order valence-electron chi connectivity index (χ4n) is 3.10. The number of hydrogen-bond donors (Lipinski definition) is 3. The first-order valence-corrected chi connectivity index (χ1v) is 10.4. The third kappa shape index (κ3) is 5.79. The Labute approximate surface area is 174 Å². The minimum atomic E-state index is -0.665. The number of benzene rings is 1. The Bertz CT molecular complexity index is 893. The molecule has 3 aromatic rings. The second-order valence-corrected chi connectivity index (χ2v) is 8.03. The lowest BCUT2D eigenvalue weighted by molar-refractivity contribution is -0.891. The summed E-state index contributed by atoms with van der Waals surface area (Å²) in [6.45, 7) is 0.412. The van der Waals surface area contributed by atoms with Crippen LogP contribution < -0.4 is 15.5 Å². The first kappa shape index (κ1) is 20.8. The van der Waals surface area contributed by atoms with Crippen LogP contribution in [0, 0.1) is 0 Å². The lowest BCUT2D eigenvalue weighted by Gasteiger charge is -2.22. The molecular formula is C22H26N3O3S+. The first-order valence-electron chi connectivity index (χ1n) is 9.54. The highest BCUT2D eigenvalue weighted by molar-refractivity contribution is 7.12. The number of rotatable bonds is 9. The molecule has 0 bridgehead atoms. The normalized spacial score (nSPS) is 13.1. The van der Waals surface area contributed by atoms with Crippen molar-refractivity contribution in [2.45, 2.75) is 18.5 Å². The molecule has 0 aliphatic carbocycles. The predicted molar refractivity (Wildman–Crippen MR) is 113 cm³/mol. The van der Waals surface area contributed by atoms with Crippen molar-refractivity contribution in [3.05, 3.63) is 82.4 Å². The van der Waals surface area contributed by atoms with E-state index in [1.807, 2.05) is 68.0 Å². The summed E-state index contributed by atoms with van der Waals surface area (Å²) < 4.78 is 5.52. The molecule has 2 heterocycles. The molecule has 0 aliphatic rings. The number of hydrogen-bond acceptors (Lipinski definition) is 4. The minimum absolute atomic E-state index is 0.0145. The molecule has 6 nitrogen and oxygen atoms in total. The molecule has 2 aromatic heterocycles. The van der Waals surface area contributed by atoms with Crippen molar-refractivity contribution in [2.24, 2.45) is 0 Å². The van der Waals surface area contributed by atoms with Crippen molar-refractivity contribution in [1.82, 2.24) is 10.6 Å². The smallest absolute Gasteiger partial charge is 0.262 e. The van der Waals surface area contributed by atoms with Crippen molar-refractivity contribution in [2.75, 3.05) is 20.6 Å². The maximum atomic E-state index is 13.0. The van der Waals surface area contributed by atoms with E-state index in [0.29, 0.717) is 17.8 Å². The molecule has 3 N–H and O–H groups in total. The Morgan fingerprint density at radius 2 is 1.86 bits per heavy atom. The van der Waals surface area contributed by atoms with Gasteiger partial charge in [0.05, 0.1) is 31.8 Å². The van der Waals surface area contributed by atoms with Crippen molar-refractivity contribution in [1.29, 1.82) is 0 Å². The maximum absolute atomic E-state index is 13.0. The summed E-state index contributed by atoms with van der Waals surface area (Å²) in [4.78, 5) is 27.3. The Kier molecular flexibility index (Phi) is 7.21. The van der Waals surface area contributed by atoms with Crippen molar-refractivity contribution >= 4 is 23.2 Å². The highest BCUT2D eigenvalue weighted by atomic mass is 32.1. The van der Waals surface area contributed by atoms with E-state index < -0.39 is 6.04 Å². The number of likely N-dealkylation sites (N-methyl/N-ethyl adjacent to an activating group) is 1. The van der Waals surface area contributed by atoms with Gasteiger partial charge in [0.1, 0.15) is 6.04 Å². The summed E-state index contributed by atoms with van der Waals surface area (Å²) in [6.07, 6.45) is 2.05. The topological polar surface area (TPSA) is 75.8 Å². The molecule has 2 amide bonds. The number of furan rings is 1. The summed E-state index contributed by atoms with van der Waals surface area (Å²) >= 11 is 1.35. The van der Waals surface area contributed by atoms with Crippen LogP contribution in [0.1, 0.15) is 27.0 Å². The lowest BCUT2D eigenvalue weighted by Crippen LogP contribution is -3.07. The van der Waals surface area contributed by atoms with Crippen LogP contribution >= 0.6 is 11.3 Å². The molecular weight excluding hydrogens is 386 g/mol. The van der Waals surface area contributed by atoms with Gasteiger partial charge in [-0.25, -0.2) is 0 Å². The first-order chi connectivity index (χ1) is 14.0. The van der Waals surface area contributed by atoms with Crippen LogP contribution in [0.5, 0.6) is 0 Å². The fraction of sp³-hybridized carbons (Fsp3) is 0.273. The van der Waals surface area contributed by atoms with Crippen molar-refractivity contribution in [3.8, 4) is 0 Å². The number of carbonyl (C=O) groups excluding carboxylic acids is 2. The molecule has 0 spiro atoms. The van der Waals surface area contributed by atoms with Gasteiger partial charge in [-0.3, -0.25) is 9.59 Å². The monoisotopic (exact) mass is 412 g/mol. The van der Waals surface area contributed by atoms with E-state index in [1.54, 1.807) is 12.3 Å². The standard InChI is InChI=1S/C22H25N3O3S/c1-25(2)18(19-10-6-12-28-19)15-23-21(26)17(14-16-8-4-3-5-9-16)24-22(27)20-11-7-13-29-20/h3-13,17-18H,14-15H2,1-2H3,(H,23,26)(H,24,27)/p+1/t17-,18-/m0/s1. The fourth-order valence-corrected chi connectivity index (χ4v) is 3.73. The average Bonchev–Trinajstić information content (AvgIpc) is 3.42. The van der Waals surface area contributed by atoms with Crippen LogP contribution in [-0.2, 0) is 11.2 Å². The highest BCUT2D eigenvalue weighted by Gasteiger charge is 2.26. The molecule has 152 valence electrons. The van der Waals surface area contributed by atoms with Gasteiger partial charge in [-0.15, -0.1) is 11.3 Å². The van der Waals surface area contributed by atoms with Gasteiger partial charge in [0.15, 0.2) is 11.8 Å². The molecule has 0 saturated carbocycles. The molecule has 0 radical (unpaired) electrons. The van der Waals surface area contributed by atoms with Gasteiger partial charge >= 0.3 is 0 Å². The Morgan fingerprint density at radius 1 is 1.07 bits per heavy atom. The molecule has 0 unspecified atom stereocenters. The number of nitrogens with one attached hydrogen (secondary N) is 3. The van der Waals surface area contributed by atoms with Gasteiger partial charge in [-0.2, -0.15) is 0 Å². The molecule has 29 heavy (non-hydrogen) atoms. The molecule has 2 atom stereocenters. The largest absolute Gasteiger partial charge is 0.463 e. The zero-order valence-electron chi connectivity index (χ0n) is 16.6. The number of quaternary nitrogens is 1. The number of amides is 2. The van der Waals surface area contributed by atoms with Crippen molar-refractivity contribution in [3.63, 3.8) is 0 Å². The molecule has 7 heteroatoms. The van der Waals surface area contributed by atoms with Crippen LogP contribution in [0.4, 0.5) is 0 Å². The Balaban J connectivity index is 1.70.